The van der Waals surface area contributed by atoms with Crippen LogP contribution in [0.5, 0.6) is 0 Å². The summed E-state index contributed by atoms with van der Waals surface area (Å²) in [4.78, 5) is 0. The molecular formula is C11H16O. The molecule has 0 N–H and O–H groups in total. The molecule has 0 amide bonds. The molecule has 0 saturated heterocycles. The van der Waals surface area contributed by atoms with Crippen LogP contribution in [0.4, 0.5) is 0 Å². The number of hydrogen-bond donors (Lipinski definition) is 0. The van der Waals surface area contributed by atoms with E-state index in [1.165, 1.54) is 5.56 Å². The van der Waals surface area contributed by atoms with E-state index in [1.54, 1.807) is 0 Å². The van der Waals surface area contributed by atoms with E-state index in [2.05, 4.69) is 26.0 Å². The fraction of sp³-hybridized carbons (Fsp3) is 0.455. The minimum absolute atomic E-state index is 0.366. The number of rotatable bonds is 4. The van der Waals surface area contributed by atoms with E-state index in [4.69, 9.17) is 4.74 Å². The van der Waals surface area contributed by atoms with Gasteiger partial charge in [-0.15, -0.1) is 0 Å². The second kappa shape index (κ2) is 4.94. The van der Waals surface area contributed by atoms with Crippen LogP contribution in [0.1, 0.15) is 25.8 Å². The van der Waals surface area contributed by atoms with Crippen molar-refractivity contribution in [1.29, 1.82) is 0 Å². The van der Waals surface area contributed by atoms with Gasteiger partial charge >= 0.3 is 0 Å². The molecule has 0 aliphatic carbocycles. The lowest BCUT2D eigenvalue weighted by molar-refractivity contribution is 0.0508. The van der Waals surface area contributed by atoms with Crippen molar-refractivity contribution in [2.45, 2.75) is 33.0 Å². The molecule has 12 heavy (non-hydrogen) atoms. The molecule has 1 aromatic rings. The molecule has 1 atom stereocenters. The first kappa shape index (κ1) is 9.27. The first-order chi connectivity index (χ1) is 5.83. The maximum Gasteiger partial charge on any atom is 0.0720 e. The Labute approximate surface area is 74.4 Å². The zero-order valence-electron chi connectivity index (χ0n) is 7.79. The normalized spacial score (nSPS) is 12.8. The van der Waals surface area contributed by atoms with Crippen LogP contribution in [0.3, 0.4) is 0 Å². The summed E-state index contributed by atoms with van der Waals surface area (Å²) in [5.74, 6) is 0. The van der Waals surface area contributed by atoms with Gasteiger partial charge in [-0.05, 0) is 18.9 Å². The topological polar surface area (TPSA) is 9.23 Å². The Morgan fingerprint density at radius 3 is 2.50 bits per heavy atom. The zero-order chi connectivity index (χ0) is 8.81. The molecule has 1 heteroatoms. The molecule has 66 valence electrons. The van der Waals surface area contributed by atoms with Gasteiger partial charge in [0.15, 0.2) is 0 Å². The molecule has 0 bridgehead atoms. The maximum absolute atomic E-state index is 5.58. The van der Waals surface area contributed by atoms with Gasteiger partial charge in [0.1, 0.15) is 0 Å². The summed E-state index contributed by atoms with van der Waals surface area (Å²) in [5.41, 5.74) is 1.25. The van der Waals surface area contributed by atoms with Crippen molar-refractivity contribution >= 4 is 0 Å². The molecule has 0 radical (unpaired) electrons. The van der Waals surface area contributed by atoms with Crippen molar-refractivity contribution in [3.05, 3.63) is 35.9 Å². The van der Waals surface area contributed by atoms with E-state index in [0.717, 1.165) is 13.0 Å². The van der Waals surface area contributed by atoms with Gasteiger partial charge in [0.05, 0.1) is 12.7 Å². The Morgan fingerprint density at radius 2 is 1.92 bits per heavy atom. The van der Waals surface area contributed by atoms with Crippen molar-refractivity contribution in [3.63, 3.8) is 0 Å². The summed E-state index contributed by atoms with van der Waals surface area (Å²) in [5, 5.41) is 0. The third-order valence-electron chi connectivity index (χ3n) is 1.95. The molecule has 0 saturated carbocycles. The Kier molecular flexibility index (Phi) is 3.81. The highest BCUT2D eigenvalue weighted by atomic mass is 16.5. The summed E-state index contributed by atoms with van der Waals surface area (Å²) < 4.78 is 5.58. The predicted octanol–water partition coefficient (Wildman–Crippen LogP) is 3.00. The van der Waals surface area contributed by atoms with Crippen LogP contribution in [0, 0.1) is 0 Å². The maximum atomic E-state index is 5.58. The van der Waals surface area contributed by atoms with Crippen molar-refractivity contribution in [3.8, 4) is 0 Å². The number of hydrogen-bond acceptors (Lipinski definition) is 1. The average Bonchev–Trinajstić information content (AvgIpc) is 2.16. The highest BCUT2D eigenvalue weighted by Gasteiger charge is 1.97. The SMILES string of the molecule is CCC(C)OCc1ccccc1. The van der Waals surface area contributed by atoms with Crippen LogP contribution in [-0.2, 0) is 11.3 Å². The monoisotopic (exact) mass is 164 g/mol. The van der Waals surface area contributed by atoms with Gasteiger partial charge in [-0.3, -0.25) is 0 Å². The molecule has 0 aromatic heterocycles. The quantitative estimate of drug-likeness (QED) is 0.664. The van der Waals surface area contributed by atoms with Crippen LogP contribution >= 0.6 is 0 Å². The second-order valence-electron chi connectivity index (χ2n) is 3.02. The van der Waals surface area contributed by atoms with Gasteiger partial charge in [-0.1, -0.05) is 37.3 Å². The standard InChI is InChI=1S/C11H16O/c1-3-10(2)12-9-11-7-5-4-6-8-11/h4-8,10H,3,9H2,1-2H3. The third kappa shape index (κ3) is 3.05. The minimum Gasteiger partial charge on any atom is -0.374 e. The van der Waals surface area contributed by atoms with Gasteiger partial charge < -0.3 is 4.74 Å². The molecule has 0 spiro atoms. The number of ether oxygens (including phenoxy) is 1. The largest absolute Gasteiger partial charge is 0.374 e. The smallest absolute Gasteiger partial charge is 0.0720 e. The van der Waals surface area contributed by atoms with E-state index in [-0.39, 0.29) is 0 Å². The van der Waals surface area contributed by atoms with Crippen LogP contribution in [0.15, 0.2) is 30.3 Å². The summed E-state index contributed by atoms with van der Waals surface area (Å²) >= 11 is 0. The van der Waals surface area contributed by atoms with Gasteiger partial charge in [-0.25, -0.2) is 0 Å². The Hall–Kier alpha value is -0.820. The van der Waals surface area contributed by atoms with Crippen LogP contribution in [0.2, 0.25) is 0 Å². The van der Waals surface area contributed by atoms with Crippen LogP contribution in [-0.4, -0.2) is 6.10 Å². The Morgan fingerprint density at radius 1 is 1.25 bits per heavy atom. The minimum atomic E-state index is 0.366. The summed E-state index contributed by atoms with van der Waals surface area (Å²) in [6, 6.07) is 10.3. The van der Waals surface area contributed by atoms with E-state index >= 15 is 0 Å². The molecule has 1 rings (SSSR count). The van der Waals surface area contributed by atoms with Crippen molar-refractivity contribution < 1.29 is 4.74 Å². The molecule has 0 aliphatic rings. The molecule has 0 aliphatic heterocycles. The third-order valence-corrected chi connectivity index (χ3v) is 1.95. The number of benzene rings is 1. The van der Waals surface area contributed by atoms with E-state index < -0.39 is 0 Å². The fourth-order valence-corrected chi connectivity index (χ4v) is 0.931. The van der Waals surface area contributed by atoms with Crippen molar-refractivity contribution in [2.75, 3.05) is 0 Å². The average molecular weight is 164 g/mol. The highest BCUT2D eigenvalue weighted by Crippen LogP contribution is 2.04. The van der Waals surface area contributed by atoms with E-state index in [1.807, 2.05) is 18.2 Å². The van der Waals surface area contributed by atoms with Gasteiger partial charge in [0.25, 0.3) is 0 Å². The zero-order valence-corrected chi connectivity index (χ0v) is 7.79. The lowest BCUT2D eigenvalue weighted by Crippen LogP contribution is -2.05. The van der Waals surface area contributed by atoms with E-state index in [0.29, 0.717) is 6.10 Å². The predicted molar refractivity (Wildman–Crippen MR) is 51.0 cm³/mol. The van der Waals surface area contributed by atoms with Gasteiger partial charge in [0, 0.05) is 0 Å². The lowest BCUT2D eigenvalue weighted by atomic mass is 10.2. The molecule has 0 fully saturated rings. The molecule has 1 aromatic carbocycles. The Balaban J connectivity index is 2.33. The fourth-order valence-electron chi connectivity index (χ4n) is 0.931. The van der Waals surface area contributed by atoms with Crippen molar-refractivity contribution in [2.24, 2.45) is 0 Å². The first-order valence-corrected chi connectivity index (χ1v) is 4.48. The second-order valence-corrected chi connectivity index (χ2v) is 3.02. The molecule has 1 unspecified atom stereocenters. The van der Waals surface area contributed by atoms with Crippen LogP contribution in [0.25, 0.3) is 0 Å². The Bertz CT molecular complexity index is 206. The van der Waals surface area contributed by atoms with Crippen LogP contribution < -0.4 is 0 Å². The summed E-state index contributed by atoms with van der Waals surface area (Å²) in [7, 11) is 0. The lowest BCUT2D eigenvalue weighted by Gasteiger charge is -2.09. The molecule has 0 heterocycles. The highest BCUT2D eigenvalue weighted by molar-refractivity contribution is 5.13. The molecule has 1 nitrogen and oxygen atoms in total. The van der Waals surface area contributed by atoms with Gasteiger partial charge in [-0.2, -0.15) is 0 Å². The van der Waals surface area contributed by atoms with E-state index in [9.17, 15) is 0 Å². The van der Waals surface area contributed by atoms with Gasteiger partial charge in [0.2, 0.25) is 0 Å². The van der Waals surface area contributed by atoms with Crippen molar-refractivity contribution in [1.82, 2.24) is 0 Å². The summed E-state index contributed by atoms with van der Waals surface area (Å²) in [6.45, 7) is 4.97. The summed E-state index contributed by atoms with van der Waals surface area (Å²) in [6.07, 6.45) is 1.44. The molecular weight excluding hydrogens is 148 g/mol. The first-order valence-electron chi connectivity index (χ1n) is 4.48.